The van der Waals surface area contributed by atoms with Gasteiger partial charge in [0.1, 0.15) is 0 Å². The number of halogens is 3. The molecule has 0 aliphatic rings. The van der Waals surface area contributed by atoms with E-state index in [1.165, 1.54) is 17.4 Å². The summed E-state index contributed by atoms with van der Waals surface area (Å²) in [4.78, 5) is 12.8. The molecule has 2 rings (SSSR count). The summed E-state index contributed by atoms with van der Waals surface area (Å²) < 4.78 is 40.0. The number of benzene rings is 1. The maximum Gasteiger partial charge on any atom is 0.573 e. The lowest BCUT2D eigenvalue weighted by Gasteiger charge is -2.12. The van der Waals surface area contributed by atoms with Crippen LogP contribution in [0.15, 0.2) is 35.7 Å². The number of carbonyl (C=O) groups excluding carboxylic acids is 1. The first kappa shape index (κ1) is 15.2. The third-order valence-corrected chi connectivity index (χ3v) is 3.38. The van der Waals surface area contributed by atoms with Crippen molar-refractivity contribution in [2.45, 2.75) is 12.9 Å². The number of ether oxygens (including phenoxy) is 1. The van der Waals surface area contributed by atoms with E-state index in [0.29, 0.717) is 6.54 Å². The van der Waals surface area contributed by atoms with Gasteiger partial charge in [0.05, 0.1) is 12.2 Å². The lowest BCUT2D eigenvalue weighted by molar-refractivity contribution is -0.274. The zero-order chi connectivity index (χ0) is 15.5. The van der Waals surface area contributed by atoms with Gasteiger partial charge in [-0.1, -0.05) is 6.07 Å². The molecule has 1 amide bonds. The van der Waals surface area contributed by atoms with Gasteiger partial charge in [0.25, 0.3) is 5.91 Å². The Balaban J connectivity index is 2.03. The topological polar surface area (TPSA) is 64.4 Å². The van der Waals surface area contributed by atoms with E-state index in [0.717, 1.165) is 17.0 Å². The van der Waals surface area contributed by atoms with E-state index in [9.17, 15) is 18.0 Å². The van der Waals surface area contributed by atoms with E-state index in [1.807, 2.05) is 17.5 Å². The Morgan fingerprint density at radius 2 is 2.10 bits per heavy atom. The number of nitrogens with two attached hydrogens (primary N) is 1. The lowest BCUT2D eigenvalue weighted by atomic mass is 10.1. The minimum atomic E-state index is -4.82. The van der Waals surface area contributed by atoms with Gasteiger partial charge in [-0.2, -0.15) is 0 Å². The fourth-order valence-corrected chi connectivity index (χ4v) is 2.23. The average Bonchev–Trinajstić information content (AvgIpc) is 2.90. The summed E-state index contributed by atoms with van der Waals surface area (Å²) in [7, 11) is 0. The zero-order valence-electron chi connectivity index (χ0n) is 10.6. The zero-order valence-corrected chi connectivity index (χ0v) is 11.4. The number of nitrogen functional groups attached to an aromatic ring is 1. The summed E-state index contributed by atoms with van der Waals surface area (Å²) in [6, 6.07) is 7.10. The van der Waals surface area contributed by atoms with Gasteiger partial charge >= 0.3 is 6.36 Å². The molecule has 8 heteroatoms. The Labute approximate surface area is 122 Å². The maximum atomic E-state index is 12.1. The minimum absolute atomic E-state index is 0.165. The van der Waals surface area contributed by atoms with Gasteiger partial charge in [0.15, 0.2) is 5.75 Å². The molecule has 21 heavy (non-hydrogen) atoms. The number of carbonyl (C=O) groups is 1. The predicted octanol–water partition coefficient (Wildman–Crippen LogP) is 3.16. The quantitative estimate of drug-likeness (QED) is 0.852. The van der Waals surface area contributed by atoms with Gasteiger partial charge in [-0.25, -0.2) is 0 Å². The average molecular weight is 316 g/mol. The van der Waals surface area contributed by atoms with Crippen LogP contribution in [0.4, 0.5) is 18.9 Å². The highest BCUT2D eigenvalue weighted by atomic mass is 32.1. The van der Waals surface area contributed by atoms with Crippen LogP contribution in [0.3, 0.4) is 0 Å². The number of nitrogens with one attached hydrogen (secondary N) is 1. The van der Waals surface area contributed by atoms with Crippen molar-refractivity contribution >= 4 is 22.9 Å². The molecule has 0 saturated carbocycles. The first-order valence-electron chi connectivity index (χ1n) is 5.81. The van der Waals surface area contributed by atoms with Gasteiger partial charge < -0.3 is 15.8 Å². The standard InChI is InChI=1S/C13H11F3N2O2S/c14-13(15,16)20-11-4-3-8(6-10(11)17)12(19)18-7-9-2-1-5-21-9/h1-6H,7,17H2,(H,18,19). The summed E-state index contributed by atoms with van der Waals surface area (Å²) in [5.41, 5.74) is 5.37. The molecule has 1 heterocycles. The van der Waals surface area contributed by atoms with E-state index in [-0.39, 0.29) is 11.3 Å². The molecule has 4 nitrogen and oxygen atoms in total. The van der Waals surface area contributed by atoms with Crippen molar-refractivity contribution in [2.24, 2.45) is 0 Å². The summed E-state index contributed by atoms with van der Waals surface area (Å²) >= 11 is 1.49. The predicted molar refractivity (Wildman–Crippen MR) is 73.0 cm³/mol. The van der Waals surface area contributed by atoms with Gasteiger partial charge in [-0.05, 0) is 29.6 Å². The van der Waals surface area contributed by atoms with Crippen molar-refractivity contribution < 1.29 is 22.7 Å². The minimum Gasteiger partial charge on any atom is -0.404 e. The number of hydrogen-bond donors (Lipinski definition) is 2. The van der Waals surface area contributed by atoms with Crippen molar-refractivity contribution in [1.29, 1.82) is 0 Å². The molecule has 0 saturated heterocycles. The van der Waals surface area contributed by atoms with E-state index in [1.54, 1.807) is 0 Å². The molecule has 2 aromatic rings. The number of alkyl halides is 3. The third kappa shape index (κ3) is 4.38. The van der Waals surface area contributed by atoms with Crippen LogP contribution in [-0.2, 0) is 6.54 Å². The Morgan fingerprint density at radius 3 is 2.67 bits per heavy atom. The molecule has 3 N–H and O–H groups in total. The molecule has 0 radical (unpaired) electrons. The molecule has 0 fully saturated rings. The highest BCUT2D eigenvalue weighted by Crippen LogP contribution is 2.28. The maximum absolute atomic E-state index is 12.1. The van der Waals surface area contributed by atoms with Gasteiger partial charge in [0.2, 0.25) is 0 Å². The molecular weight excluding hydrogens is 305 g/mol. The first-order valence-corrected chi connectivity index (χ1v) is 6.69. The largest absolute Gasteiger partial charge is 0.573 e. The number of thiophene rings is 1. The Kier molecular flexibility index (Phi) is 4.37. The molecule has 1 aromatic carbocycles. The molecule has 0 atom stereocenters. The monoisotopic (exact) mass is 316 g/mol. The molecule has 112 valence electrons. The molecule has 1 aromatic heterocycles. The summed E-state index contributed by atoms with van der Waals surface area (Å²) in [6.45, 7) is 0.344. The Hall–Kier alpha value is -2.22. The second-order valence-electron chi connectivity index (χ2n) is 4.06. The van der Waals surface area contributed by atoms with Gasteiger partial charge in [-0.3, -0.25) is 4.79 Å². The van der Waals surface area contributed by atoms with Crippen LogP contribution in [0, 0.1) is 0 Å². The lowest BCUT2D eigenvalue weighted by Crippen LogP contribution is -2.23. The smallest absolute Gasteiger partial charge is 0.404 e. The van der Waals surface area contributed by atoms with E-state index in [4.69, 9.17) is 5.73 Å². The molecule has 0 aliphatic carbocycles. The summed E-state index contributed by atoms with van der Waals surface area (Å²) in [6.07, 6.45) is -4.82. The van der Waals surface area contributed by atoms with E-state index < -0.39 is 18.0 Å². The fraction of sp³-hybridized carbons (Fsp3) is 0.154. The third-order valence-electron chi connectivity index (χ3n) is 2.50. The van der Waals surface area contributed by atoms with Gasteiger partial charge in [0, 0.05) is 10.4 Å². The van der Waals surface area contributed by atoms with Crippen molar-refractivity contribution in [3.05, 3.63) is 46.2 Å². The summed E-state index contributed by atoms with van der Waals surface area (Å²) in [5, 5.41) is 4.53. The first-order chi connectivity index (χ1) is 9.85. The van der Waals surface area contributed by atoms with Crippen LogP contribution in [0.1, 0.15) is 15.2 Å². The van der Waals surface area contributed by atoms with Gasteiger partial charge in [-0.15, -0.1) is 24.5 Å². The number of anilines is 1. The highest BCUT2D eigenvalue weighted by molar-refractivity contribution is 7.09. The molecule has 0 spiro atoms. The van der Waals surface area contributed by atoms with Crippen LogP contribution < -0.4 is 15.8 Å². The highest BCUT2D eigenvalue weighted by Gasteiger charge is 2.32. The van der Waals surface area contributed by atoms with Crippen molar-refractivity contribution in [1.82, 2.24) is 5.32 Å². The van der Waals surface area contributed by atoms with Crippen LogP contribution in [0.5, 0.6) is 5.75 Å². The Morgan fingerprint density at radius 1 is 1.33 bits per heavy atom. The summed E-state index contributed by atoms with van der Waals surface area (Å²) in [5.74, 6) is -0.953. The SMILES string of the molecule is Nc1cc(C(=O)NCc2cccs2)ccc1OC(F)(F)F. The van der Waals surface area contributed by atoms with E-state index in [2.05, 4.69) is 10.1 Å². The fourth-order valence-electron chi connectivity index (χ4n) is 1.59. The number of amides is 1. The molecule has 0 unspecified atom stereocenters. The van der Waals surface area contributed by atoms with Crippen LogP contribution in [-0.4, -0.2) is 12.3 Å². The van der Waals surface area contributed by atoms with Crippen LogP contribution in [0.25, 0.3) is 0 Å². The normalized spacial score (nSPS) is 11.2. The van der Waals surface area contributed by atoms with Crippen molar-refractivity contribution in [2.75, 3.05) is 5.73 Å². The second kappa shape index (κ2) is 6.04. The molecule has 0 aliphatic heterocycles. The van der Waals surface area contributed by atoms with Crippen LogP contribution in [0.2, 0.25) is 0 Å². The van der Waals surface area contributed by atoms with Crippen LogP contribution >= 0.6 is 11.3 Å². The molecular formula is C13H11F3N2O2S. The number of hydrogen-bond acceptors (Lipinski definition) is 4. The number of rotatable bonds is 4. The Bertz CT molecular complexity index is 627. The van der Waals surface area contributed by atoms with E-state index >= 15 is 0 Å². The molecule has 0 bridgehead atoms. The second-order valence-corrected chi connectivity index (χ2v) is 5.09. The van der Waals surface area contributed by atoms with Crippen molar-refractivity contribution in [3.63, 3.8) is 0 Å². The van der Waals surface area contributed by atoms with Crippen molar-refractivity contribution in [3.8, 4) is 5.75 Å².